The lowest BCUT2D eigenvalue weighted by molar-refractivity contribution is -0.116. The van der Waals surface area contributed by atoms with Gasteiger partial charge in [-0.2, -0.15) is 0 Å². The molecule has 0 fully saturated rings. The molecular weight excluding hydrogens is 316 g/mol. The number of fused-ring (bicyclic) bond motifs is 1. The highest BCUT2D eigenvalue weighted by molar-refractivity contribution is 5.94. The van der Waals surface area contributed by atoms with E-state index in [0.717, 1.165) is 11.3 Å². The maximum atomic E-state index is 12.6. The Bertz CT molecular complexity index is 992. The van der Waals surface area contributed by atoms with Crippen molar-refractivity contribution in [3.63, 3.8) is 0 Å². The second kappa shape index (κ2) is 6.76. The molecule has 6 heteroatoms. The molecule has 3 aromatic rings. The van der Waals surface area contributed by atoms with Gasteiger partial charge in [-0.15, -0.1) is 0 Å². The molecule has 0 unspecified atom stereocenters. The van der Waals surface area contributed by atoms with Gasteiger partial charge in [0.05, 0.1) is 28.6 Å². The first-order valence-electron chi connectivity index (χ1n) is 7.98. The van der Waals surface area contributed by atoms with Crippen LogP contribution in [0.15, 0.2) is 53.6 Å². The van der Waals surface area contributed by atoms with Crippen LogP contribution >= 0.6 is 0 Å². The molecule has 2 aromatic carbocycles. The minimum atomic E-state index is -0.273. The van der Waals surface area contributed by atoms with Gasteiger partial charge in [-0.3, -0.25) is 14.2 Å². The zero-order valence-electron chi connectivity index (χ0n) is 14.5. The van der Waals surface area contributed by atoms with Crippen molar-refractivity contribution in [1.29, 1.82) is 0 Å². The minimum absolute atomic E-state index is 0.0858. The summed E-state index contributed by atoms with van der Waals surface area (Å²) >= 11 is 0. The average Bonchev–Trinajstić information content (AvgIpc) is 2.58. The maximum Gasteiger partial charge on any atom is 0.261 e. The van der Waals surface area contributed by atoms with E-state index in [1.165, 1.54) is 10.9 Å². The predicted molar refractivity (Wildman–Crippen MR) is 100 cm³/mol. The van der Waals surface area contributed by atoms with Crippen molar-refractivity contribution in [2.75, 3.05) is 24.3 Å². The molecule has 0 saturated heterocycles. The fourth-order valence-corrected chi connectivity index (χ4v) is 2.76. The molecule has 0 saturated carbocycles. The van der Waals surface area contributed by atoms with Gasteiger partial charge in [-0.05, 0) is 30.7 Å². The van der Waals surface area contributed by atoms with Gasteiger partial charge in [-0.25, -0.2) is 4.98 Å². The predicted octanol–water partition coefficient (Wildman–Crippen LogP) is 2.41. The van der Waals surface area contributed by atoms with Gasteiger partial charge < -0.3 is 10.2 Å². The summed E-state index contributed by atoms with van der Waals surface area (Å²) in [7, 11) is 3.82. The molecule has 0 aliphatic rings. The van der Waals surface area contributed by atoms with E-state index < -0.39 is 0 Å². The monoisotopic (exact) mass is 336 g/mol. The summed E-state index contributed by atoms with van der Waals surface area (Å²) in [6, 6.07) is 13.0. The van der Waals surface area contributed by atoms with E-state index in [2.05, 4.69) is 10.3 Å². The number of benzene rings is 2. The average molecular weight is 336 g/mol. The lowest BCUT2D eigenvalue weighted by atomic mass is 10.1. The van der Waals surface area contributed by atoms with E-state index in [-0.39, 0.29) is 18.0 Å². The van der Waals surface area contributed by atoms with Crippen LogP contribution in [0.2, 0.25) is 0 Å². The molecular formula is C19H20N4O2. The third-order valence-electron chi connectivity index (χ3n) is 4.03. The van der Waals surface area contributed by atoms with E-state index in [4.69, 9.17) is 0 Å². The molecule has 0 atom stereocenters. The van der Waals surface area contributed by atoms with Crippen molar-refractivity contribution in [1.82, 2.24) is 9.55 Å². The van der Waals surface area contributed by atoms with Gasteiger partial charge >= 0.3 is 0 Å². The first-order valence-corrected chi connectivity index (χ1v) is 7.98. The maximum absolute atomic E-state index is 12.6. The summed E-state index contributed by atoms with van der Waals surface area (Å²) in [4.78, 5) is 31.2. The summed E-state index contributed by atoms with van der Waals surface area (Å²) < 4.78 is 1.33. The van der Waals surface area contributed by atoms with Gasteiger partial charge in [0.15, 0.2) is 0 Å². The molecule has 0 radical (unpaired) electrons. The lowest BCUT2D eigenvalue weighted by Crippen LogP contribution is -2.28. The fourth-order valence-electron chi connectivity index (χ4n) is 2.76. The Morgan fingerprint density at radius 2 is 1.92 bits per heavy atom. The van der Waals surface area contributed by atoms with Crippen molar-refractivity contribution < 1.29 is 4.79 Å². The summed E-state index contributed by atoms with van der Waals surface area (Å²) in [5.74, 6) is -0.273. The van der Waals surface area contributed by atoms with Crippen LogP contribution in [0.3, 0.4) is 0 Å². The van der Waals surface area contributed by atoms with Crippen molar-refractivity contribution in [3.05, 3.63) is 64.7 Å². The molecule has 3 rings (SSSR count). The first-order chi connectivity index (χ1) is 12.0. The number of aromatic nitrogens is 2. The number of carbonyl (C=O) groups excluding carboxylic acids is 1. The second-order valence-electron chi connectivity index (χ2n) is 6.11. The largest absolute Gasteiger partial charge is 0.376 e. The van der Waals surface area contributed by atoms with Crippen LogP contribution < -0.4 is 15.8 Å². The second-order valence-corrected chi connectivity index (χ2v) is 6.11. The Morgan fingerprint density at radius 1 is 1.16 bits per heavy atom. The lowest BCUT2D eigenvalue weighted by Gasteiger charge is -2.18. The minimum Gasteiger partial charge on any atom is -0.376 e. The Hall–Kier alpha value is -3.15. The number of carbonyl (C=O) groups is 1. The third kappa shape index (κ3) is 3.38. The van der Waals surface area contributed by atoms with Crippen LogP contribution in [0.5, 0.6) is 0 Å². The quantitative estimate of drug-likeness (QED) is 0.794. The Kier molecular flexibility index (Phi) is 4.52. The molecule has 1 heterocycles. The van der Waals surface area contributed by atoms with E-state index in [0.29, 0.717) is 16.6 Å². The van der Waals surface area contributed by atoms with Crippen LogP contribution in [0.4, 0.5) is 11.4 Å². The number of rotatable bonds is 4. The van der Waals surface area contributed by atoms with Crippen molar-refractivity contribution >= 4 is 28.2 Å². The van der Waals surface area contributed by atoms with Crippen LogP contribution in [0, 0.1) is 6.92 Å². The zero-order valence-corrected chi connectivity index (χ0v) is 14.5. The molecule has 6 nitrogen and oxygen atoms in total. The summed E-state index contributed by atoms with van der Waals surface area (Å²) in [6.45, 7) is 1.82. The molecule has 0 aliphatic carbocycles. The Balaban J connectivity index is 1.86. The van der Waals surface area contributed by atoms with Gasteiger partial charge in [0.2, 0.25) is 5.91 Å². The number of nitrogens with one attached hydrogen (secondary N) is 1. The highest BCUT2D eigenvalue weighted by Crippen LogP contribution is 2.23. The van der Waals surface area contributed by atoms with Crippen LogP contribution in [-0.4, -0.2) is 29.6 Å². The van der Waals surface area contributed by atoms with Gasteiger partial charge in [0, 0.05) is 14.1 Å². The number of para-hydroxylation sites is 3. The standard InChI is InChI=1S/C19H20N4O2/c1-13-7-6-8-14-18(13)20-12-23(19(14)25)11-17(24)21-15-9-4-5-10-16(15)22(2)3/h4-10,12H,11H2,1-3H3,(H,21,24). The topological polar surface area (TPSA) is 67.2 Å². The van der Waals surface area contributed by atoms with Crippen molar-refractivity contribution in [3.8, 4) is 0 Å². The molecule has 0 aliphatic heterocycles. The number of hydrogen-bond acceptors (Lipinski definition) is 4. The molecule has 1 amide bonds. The van der Waals surface area contributed by atoms with Gasteiger partial charge in [-0.1, -0.05) is 24.3 Å². The molecule has 0 bridgehead atoms. The number of nitrogens with zero attached hydrogens (tertiary/aromatic N) is 3. The summed E-state index contributed by atoms with van der Waals surface area (Å²) in [6.07, 6.45) is 1.43. The molecule has 128 valence electrons. The van der Waals surface area contributed by atoms with Gasteiger partial charge in [0.25, 0.3) is 5.56 Å². The zero-order chi connectivity index (χ0) is 18.0. The SMILES string of the molecule is Cc1cccc2c(=O)n(CC(=O)Nc3ccccc3N(C)C)cnc12. The number of amides is 1. The van der Waals surface area contributed by atoms with E-state index in [1.54, 1.807) is 6.07 Å². The van der Waals surface area contributed by atoms with Crippen LogP contribution in [-0.2, 0) is 11.3 Å². The van der Waals surface area contributed by atoms with E-state index in [9.17, 15) is 9.59 Å². The van der Waals surface area contributed by atoms with Gasteiger partial charge in [0.1, 0.15) is 6.54 Å². The highest BCUT2D eigenvalue weighted by atomic mass is 16.2. The fraction of sp³-hybridized carbons (Fsp3) is 0.211. The first kappa shape index (κ1) is 16.7. The molecule has 1 N–H and O–H groups in total. The number of aryl methyl sites for hydroxylation is 1. The van der Waals surface area contributed by atoms with Crippen LogP contribution in [0.25, 0.3) is 10.9 Å². The van der Waals surface area contributed by atoms with Crippen molar-refractivity contribution in [2.45, 2.75) is 13.5 Å². The molecule has 0 spiro atoms. The number of hydrogen-bond donors (Lipinski definition) is 1. The normalized spacial score (nSPS) is 10.7. The Morgan fingerprint density at radius 3 is 2.68 bits per heavy atom. The summed E-state index contributed by atoms with van der Waals surface area (Å²) in [5.41, 5.74) is 2.99. The summed E-state index contributed by atoms with van der Waals surface area (Å²) in [5, 5.41) is 3.38. The molecule has 1 aromatic heterocycles. The van der Waals surface area contributed by atoms with Crippen molar-refractivity contribution in [2.24, 2.45) is 0 Å². The third-order valence-corrected chi connectivity index (χ3v) is 4.03. The smallest absolute Gasteiger partial charge is 0.261 e. The Labute approximate surface area is 145 Å². The van der Waals surface area contributed by atoms with E-state index in [1.807, 2.05) is 62.3 Å². The van der Waals surface area contributed by atoms with E-state index >= 15 is 0 Å². The molecule has 25 heavy (non-hydrogen) atoms. The van der Waals surface area contributed by atoms with Crippen LogP contribution in [0.1, 0.15) is 5.56 Å². The number of anilines is 2. The highest BCUT2D eigenvalue weighted by Gasteiger charge is 2.11.